The second kappa shape index (κ2) is 10.6. The summed E-state index contributed by atoms with van der Waals surface area (Å²) in [7, 11) is 3.96. The van der Waals surface area contributed by atoms with Gasteiger partial charge in [-0.3, -0.25) is 4.99 Å². The quantitative estimate of drug-likeness (QED) is 0.409. The molecular formula is C17H30IN5O. The van der Waals surface area contributed by atoms with Crippen molar-refractivity contribution >= 4 is 35.6 Å². The summed E-state index contributed by atoms with van der Waals surface area (Å²) < 4.78 is 0. The molecule has 7 heteroatoms. The van der Waals surface area contributed by atoms with E-state index in [4.69, 9.17) is 0 Å². The van der Waals surface area contributed by atoms with Crippen LogP contribution >= 0.6 is 24.0 Å². The Morgan fingerprint density at radius 2 is 1.92 bits per heavy atom. The van der Waals surface area contributed by atoms with Gasteiger partial charge < -0.3 is 25.1 Å². The van der Waals surface area contributed by atoms with Gasteiger partial charge in [-0.25, -0.2) is 0 Å². The Bertz CT molecular complexity index is 517. The highest BCUT2D eigenvalue weighted by Crippen LogP contribution is 2.27. The monoisotopic (exact) mass is 447 g/mol. The van der Waals surface area contributed by atoms with E-state index in [1.54, 1.807) is 6.07 Å². The molecule has 1 heterocycles. The van der Waals surface area contributed by atoms with E-state index >= 15 is 0 Å². The number of nitrogens with one attached hydrogen (secondary N) is 1. The molecule has 0 spiro atoms. The molecule has 0 atom stereocenters. The number of aliphatic imine (C=N–C) groups is 1. The van der Waals surface area contributed by atoms with Gasteiger partial charge in [-0.15, -0.1) is 24.0 Å². The SMILES string of the molecule is CCN(C)CCNC(=NC)N1CCN(c2ccccc2O)CC1.I. The van der Waals surface area contributed by atoms with Crippen LogP contribution in [0.3, 0.4) is 0 Å². The van der Waals surface area contributed by atoms with E-state index in [9.17, 15) is 5.11 Å². The number of piperazine rings is 1. The molecule has 1 aromatic rings. The van der Waals surface area contributed by atoms with Crippen LogP contribution in [-0.2, 0) is 0 Å². The van der Waals surface area contributed by atoms with Gasteiger partial charge in [0.2, 0.25) is 0 Å². The normalized spacial score (nSPS) is 15.4. The van der Waals surface area contributed by atoms with Crippen molar-refractivity contribution in [2.45, 2.75) is 6.92 Å². The molecule has 2 rings (SSSR count). The lowest BCUT2D eigenvalue weighted by molar-refractivity contribution is 0.343. The van der Waals surface area contributed by atoms with Crippen molar-refractivity contribution in [3.63, 3.8) is 0 Å². The minimum absolute atomic E-state index is 0. The predicted octanol–water partition coefficient (Wildman–Crippen LogP) is 1.66. The van der Waals surface area contributed by atoms with Gasteiger partial charge in [0.1, 0.15) is 5.75 Å². The zero-order chi connectivity index (χ0) is 16.7. The van der Waals surface area contributed by atoms with Crippen LogP contribution in [0.5, 0.6) is 5.75 Å². The molecule has 1 aliphatic rings. The first-order valence-corrected chi connectivity index (χ1v) is 8.32. The number of nitrogens with zero attached hydrogens (tertiary/aromatic N) is 4. The van der Waals surface area contributed by atoms with Crippen molar-refractivity contribution in [2.75, 3.05) is 64.8 Å². The van der Waals surface area contributed by atoms with Crippen molar-refractivity contribution in [2.24, 2.45) is 4.99 Å². The Balaban J connectivity index is 0.00000288. The van der Waals surface area contributed by atoms with E-state index in [-0.39, 0.29) is 24.0 Å². The summed E-state index contributed by atoms with van der Waals surface area (Å²) in [6.45, 7) is 8.69. The molecule has 24 heavy (non-hydrogen) atoms. The van der Waals surface area contributed by atoms with Crippen LogP contribution in [0, 0.1) is 0 Å². The van der Waals surface area contributed by atoms with Crippen LogP contribution in [-0.4, -0.2) is 80.8 Å². The number of hydrogen-bond donors (Lipinski definition) is 2. The van der Waals surface area contributed by atoms with Gasteiger partial charge in [-0.05, 0) is 25.7 Å². The minimum atomic E-state index is 0. The van der Waals surface area contributed by atoms with E-state index in [0.717, 1.165) is 57.5 Å². The molecule has 6 nitrogen and oxygen atoms in total. The molecule has 0 unspecified atom stereocenters. The molecule has 0 aliphatic carbocycles. The number of phenols is 1. The number of benzene rings is 1. The molecule has 0 saturated carbocycles. The van der Waals surface area contributed by atoms with Crippen LogP contribution in [0.2, 0.25) is 0 Å². The molecule has 1 aliphatic heterocycles. The molecule has 0 aromatic heterocycles. The van der Waals surface area contributed by atoms with E-state index < -0.39 is 0 Å². The fraction of sp³-hybridized carbons (Fsp3) is 0.588. The average molecular weight is 447 g/mol. The Kier molecular flexibility index (Phi) is 9.20. The van der Waals surface area contributed by atoms with Crippen LogP contribution in [0.15, 0.2) is 29.3 Å². The number of aromatic hydroxyl groups is 1. The summed E-state index contributed by atoms with van der Waals surface area (Å²) in [6.07, 6.45) is 0. The number of phenolic OH excluding ortho intramolecular Hbond substituents is 1. The van der Waals surface area contributed by atoms with Gasteiger partial charge in [-0.1, -0.05) is 19.1 Å². The van der Waals surface area contributed by atoms with E-state index in [1.165, 1.54) is 0 Å². The first kappa shape index (κ1) is 20.8. The van der Waals surface area contributed by atoms with Crippen molar-refractivity contribution in [3.8, 4) is 5.75 Å². The predicted molar refractivity (Wildman–Crippen MR) is 112 cm³/mol. The summed E-state index contributed by atoms with van der Waals surface area (Å²) in [5.74, 6) is 1.32. The smallest absolute Gasteiger partial charge is 0.193 e. The van der Waals surface area contributed by atoms with Gasteiger partial charge in [-0.2, -0.15) is 0 Å². The number of halogens is 1. The highest BCUT2D eigenvalue weighted by molar-refractivity contribution is 14.0. The second-order valence-corrected chi connectivity index (χ2v) is 5.83. The highest BCUT2D eigenvalue weighted by Gasteiger charge is 2.21. The molecule has 2 N–H and O–H groups in total. The zero-order valence-electron chi connectivity index (χ0n) is 14.9. The van der Waals surface area contributed by atoms with Crippen LogP contribution in [0.4, 0.5) is 5.69 Å². The van der Waals surface area contributed by atoms with Crippen LogP contribution in [0.25, 0.3) is 0 Å². The van der Waals surface area contributed by atoms with Gasteiger partial charge in [0.05, 0.1) is 5.69 Å². The molecule has 1 aromatic carbocycles. The second-order valence-electron chi connectivity index (χ2n) is 5.83. The van der Waals surface area contributed by atoms with Gasteiger partial charge in [0.15, 0.2) is 5.96 Å². The first-order valence-electron chi connectivity index (χ1n) is 8.32. The fourth-order valence-corrected chi connectivity index (χ4v) is 2.74. The standard InChI is InChI=1S/C17H29N5O.HI/c1-4-20(3)10-9-19-17(18-2)22-13-11-21(12-14-22)15-7-5-6-8-16(15)23;/h5-8,23H,4,9-14H2,1-3H3,(H,18,19);1H. The third-order valence-electron chi connectivity index (χ3n) is 4.33. The molecule has 0 bridgehead atoms. The van der Waals surface area contributed by atoms with E-state index in [0.29, 0.717) is 5.75 Å². The molecule has 0 amide bonds. The van der Waals surface area contributed by atoms with Crippen molar-refractivity contribution in [1.29, 1.82) is 0 Å². The van der Waals surface area contributed by atoms with Crippen molar-refractivity contribution < 1.29 is 5.11 Å². The van der Waals surface area contributed by atoms with Gasteiger partial charge in [0, 0.05) is 46.3 Å². The minimum Gasteiger partial charge on any atom is -0.506 e. The van der Waals surface area contributed by atoms with Gasteiger partial charge >= 0.3 is 0 Å². The maximum absolute atomic E-state index is 9.98. The Labute approximate surface area is 162 Å². The van der Waals surface area contributed by atoms with Crippen molar-refractivity contribution in [1.82, 2.24) is 15.1 Å². The lowest BCUT2D eigenvalue weighted by Crippen LogP contribution is -2.53. The summed E-state index contributed by atoms with van der Waals surface area (Å²) in [5.41, 5.74) is 0.916. The number of para-hydroxylation sites is 2. The number of hydrogen-bond acceptors (Lipinski definition) is 4. The third-order valence-corrected chi connectivity index (χ3v) is 4.33. The number of rotatable bonds is 5. The summed E-state index contributed by atoms with van der Waals surface area (Å²) >= 11 is 0. The zero-order valence-corrected chi connectivity index (χ0v) is 17.2. The molecule has 136 valence electrons. The first-order chi connectivity index (χ1) is 11.2. The number of guanidine groups is 1. The summed E-state index contributed by atoms with van der Waals surface area (Å²) in [4.78, 5) is 11.2. The molecule has 0 radical (unpaired) electrons. The molecule has 1 saturated heterocycles. The third kappa shape index (κ3) is 5.70. The topological polar surface area (TPSA) is 54.3 Å². The lowest BCUT2D eigenvalue weighted by Gasteiger charge is -2.38. The average Bonchev–Trinajstić information content (AvgIpc) is 2.59. The number of likely N-dealkylation sites (N-methyl/N-ethyl adjacent to an activating group) is 1. The maximum Gasteiger partial charge on any atom is 0.193 e. The molecular weight excluding hydrogens is 417 g/mol. The van der Waals surface area contributed by atoms with Gasteiger partial charge in [0.25, 0.3) is 0 Å². The van der Waals surface area contributed by atoms with Crippen LogP contribution < -0.4 is 10.2 Å². The maximum atomic E-state index is 9.98. The van der Waals surface area contributed by atoms with Crippen LogP contribution in [0.1, 0.15) is 6.92 Å². The van der Waals surface area contributed by atoms with Crippen molar-refractivity contribution in [3.05, 3.63) is 24.3 Å². The Morgan fingerprint density at radius 3 is 2.50 bits per heavy atom. The highest BCUT2D eigenvalue weighted by atomic mass is 127. The number of anilines is 1. The fourth-order valence-electron chi connectivity index (χ4n) is 2.74. The summed E-state index contributed by atoms with van der Waals surface area (Å²) in [6, 6.07) is 7.53. The Morgan fingerprint density at radius 1 is 1.25 bits per heavy atom. The van der Waals surface area contributed by atoms with E-state index in [1.807, 2.05) is 25.2 Å². The molecule has 1 fully saturated rings. The Hall–Kier alpha value is -1.22. The lowest BCUT2D eigenvalue weighted by atomic mass is 10.2. The van der Waals surface area contributed by atoms with E-state index in [2.05, 4.69) is 39.0 Å². The summed E-state index contributed by atoms with van der Waals surface area (Å²) in [5, 5.41) is 13.4. The largest absolute Gasteiger partial charge is 0.506 e.